The Morgan fingerprint density at radius 1 is 1.30 bits per heavy atom. The average Bonchev–Trinajstić information content (AvgIpc) is 2.96. The molecular formula is C15H19N5. The third-order valence-electron chi connectivity index (χ3n) is 3.94. The van der Waals surface area contributed by atoms with Crippen molar-refractivity contribution in [1.82, 2.24) is 19.1 Å². The molecule has 0 fully saturated rings. The second kappa shape index (κ2) is 4.76. The Morgan fingerprint density at radius 2 is 2.10 bits per heavy atom. The van der Waals surface area contributed by atoms with Gasteiger partial charge in [0.1, 0.15) is 11.6 Å². The van der Waals surface area contributed by atoms with Gasteiger partial charge >= 0.3 is 0 Å². The van der Waals surface area contributed by atoms with E-state index in [9.17, 15) is 0 Å². The van der Waals surface area contributed by atoms with Crippen LogP contribution in [0.1, 0.15) is 23.1 Å². The van der Waals surface area contributed by atoms with Crippen LogP contribution in [0.5, 0.6) is 0 Å². The molecule has 0 aliphatic rings. The van der Waals surface area contributed by atoms with E-state index in [2.05, 4.69) is 32.7 Å². The van der Waals surface area contributed by atoms with Crippen LogP contribution in [0.4, 0.5) is 0 Å². The van der Waals surface area contributed by atoms with E-state index in [0.29, 0.717) is 6.54 Å². The van der Waals surface area contributed by atoms with Crippen molar-refractivity contribution in [3.8, 4) is 0 Å². The quantitative estimate of drug-likeness (QED) is 0.787. The lowest BCUT2D eigenvalue weighted by Gasteiger charge is -2.15. The number of imidazole rings is 2. The second-order valence-corrected chi connectivity index (χ2v) is 5.15. The topological polar surface area (TPSA) is 61.7 Å². The fourth-order valence-electron chi connectivity index (χ4n) is 2.66. The smallest absolute Gasteiger partial charge is 0.117 e. The lowest BCUT2D eigenvalue weighted by atomic mass is 9.98. The van der Waals surface area contributed by atoms with Crippen LogP contribution in [-0.4, -0.2) is 25.6 Å². The summed E-state index contributed by atoms with van der Waals surface area (Å²) in [4.78, 5) is 9.01. The second-order valence-electron chi connectivity index (χ2n) is 5.15. The van der Waals surface area contributed by atoms with Gasteiger partial charge in [-0.3, -0.25) is 0 Å². The van der Waals surface area contributed by atoms with E-state index in [4.69, 9.17) is 5.73 Å². The normalized spacial score (nSPS) is 13.0. The van der Waals surface area contributed by atoms with Crippen molar-refractivity contribution in [2.75, 3.05) is 6.54 Å². The number of fused-ring (bicyclic) bond motifs is 1. The molecule has 1 aromatic carbocycles. The van der Waals surface area contributed by atoms with Crippen molar-refractivity contribution in [3.05, 3.63) is 47.8 Å². The summed E-state index contributed by atoms with van der Waals surface area (Å²) in [6.45, 7) is 2.54. The summed E-state index contributed by atoms with van der Waals surface area (Å²) in [5.74, 6) is 2.10. The molecule has 0 radical (unpaired) electrons. The number of hydrogen-bond donors (Lipinski definition) is 1. The van der Waals surface area contributed by atoms with Gasteiger partial charge in [0.15, 0.2) is 0 Å². The summed E-state index contributed by atoms with van der Waals surface area (Å²) in [6.07, 6.45) is 3.75. The number of nitrogens with two attached hydrogens (primary N) is 1. The van der Waals surface area contributed by atoms with Crippen LogP contribution in [0, 0.1) is 6.92 Å². The SMILES string of the molecule is Cc1nc2cc(C(CN)c3nccn3C)ccc2n1C. The Balaban J connectivity index is 2.11. The zero-order valence-corrected chi connectivity index (χ0v) is 12.0. The van der Waals surface area contributed by atoms with Crippen LogP contribution in [0.2, 0.25) is 0 Å². The van der Waals surface area contributed by atoms with E-state index < -0.39 is 0 Å². The minimum atomic E-state index is 0.0988. The molecule has 2 N–H and O–H groups in total. The third-order valence-corrected chi connectivity index (χ3v) is 3.94. The molecule has 0 saturated heterocycles. The van der Waals surface area contributed by atoms with Crippen molar-refractivity contribution >= 4 is 11.0 Å². The summed E-state index contributed by atoms with van der Waals surface area (Å²) < 4.78 is 4.11. The predicted molar refractivity (Wildman–Crippen MR) is 79.6 cm³/mol. The minimum absolute atomic E-state index is 0.0988. The van der Waals surface area contributed by atoms with Crippen LogP contribution >= 0.6 is 0 Å². The Kier molecular flexibility index (Phi) is 3.06. The molecule has 5 heteroatoms. The van der Waals surface area contributed by atoms with Crippen LogP contribution in [0.15, 0.2) is 30.6 Å². The lowest BCUT2D eigenvalue weighted by molar-refractivity contribution is 0.699. The number of benzene rings is 1. The number of aryl methyl sites for hydroxylation is 3. The molecule has 2 aromatic heterocycles. The van der Waals surface area contributed by atoms with Crippen molar-refractivity contribution < 1.29 is 0 Å². The van der Waals surface area contributed by atoms with Crippen LogP contribution < -0.4 is 5.73 Å². The molecule has 20 heavy (non-hydrogen) atoms. The standard InChI is InChI=1S/C15H19N5/c1-10-18-13-8-11(4-5-14(13)20(10)3)12(9-16)15-17-6-7-19(15)2/h4-8,12H,9,16H2,1-3H3. The summed E-state index contributed by atoms with van der Waals surface area (Å²) in [5, 5.41) is 0. The maximum Gasteiger partial charge on any atom is 0.117 e. The highest BCUT2D eigenvalue weighted by Crippen LogP contribution is 2.25. The number of aromatic nitrogens is 4. The average molecular weight is 269 g/mol. The first-order chi connectivity index (χ1) is 9.61. The van der Waals surface area contributed by atoms with Gasteiger partial charge in [-0.2, -0.15) is 0 Å². The largest absolute Gasteiger partial charge is 0.337 e. The monoisotopic (exact) mass is 269 g/mol. The highest BCUT2D eigenvalue weighted by Gasteiger charge is 2.18. The molecule has 0 saturated carbocycles. The van der Waals surface area contributed by atoms with Gasteiger partial charge < -0.3 is 14.9 Å². The van der Waals surface area contributed by atoms with Gasteiger partial charge in [0, 0.05) is 33.0 Å². The van der Waals surface area contributed by atoms with E-state index in [1.807, 2.05) is 31.8 Å². The van der Waals surface area contributed by atoms with Gasteiger partial charge in [-0.1, -0.05) is 6.07 Å². The van der Waals surface area contributed by atoms with Crippen molar-refractivity contribution in [2.45, 2.75) is 12.8 Å². The molecule has 0 amide bonds. The lowest BCUT2D eigenvalue weighted by Crippen LogP contribution is -2.17. The van der Waals surface area contributed by atoms with Gasteiger partial charge in [-0.05, 0) is 24.6 Å². The first-order valence-electron chi connectivity index (χ1n) is 6.72. The molecule has 0 spiro atoms. The molecule has 0 aliphatic heterocycles. The molecule has 3 rings (SSSR count). The van der Waals surface area contributed by atoms with Gasteiger partial charge in [0.2, 0.25) is 0 Å². The maximum atomic E-state index is 5.97. The summed E-state index contributed by atoms with van der Waals surface area (Å²) >= 11 is 0. The van der Waals surface area contributed by atoms with E-state index in [1.54, 1.807) is 6.20 Å². The molecule has 104 valence electrons. The Hall–Kier alpha value is -2.14. The Labute approximate surface area is 118 Å². The number of hydrogen-bond acceptors (Lipinski definition) is 3. The van der Waals surface area contributed by atoms with Gasteiger partial charge in [-0.25, -0.2) is 9.97 Å². The summed E-state index contributed by atoms with van der Waals surface area (Å²) in [6, 6.07) is 6.35. The van der Waals surface area contributed by atoms with E-state index >= 15 is 0 Å². The minimum Gasteiger partial charge on any atom is -0.337 e. The van der Waals surface area contributed by atoms with Crippen molar-refractivity contribution in [3.63, 3.8) is 0 Å². The van der Waals surface area contributed by atoms with Gasteiger partial charge in [-0.15, -0.1) is 0 Å². The Bertz CT molecular complexity index is 753. The predicted octanol–water partition coefficient (Wildman–Crippen LogP) is 1.71. The van der Waals surface area contributed by atoms with Gasteiger partial charge in [0.05, 0.1) is 17.0 Å². The summed E-state index contributed by atoms with van der Waals surface area (Å²) in [7, 11) is 4.03. The highest BCUT2D eigenvalue weighted by molar-refractivity contribution is 5.77. The molecule has 5 nitrogen and oxygen atoms in total. The van der Waals surface area contributed by atoms with E-state index in [-0.39, 0.29) is 5.92 Å². The van der Waals surface area contributed by atoms with Crippen molar-refractivity contribution in [2.24, 2.45) is 19.8 Å². The molecule has 2 heterocycles. The molecule has 0 bridgehead atoms. The zero-order chi connectivity index (χ0) is 14.3. The molecule has 1 atom stereocenters. The summed E-state index contributed by atoms with van der Waals surface area (Å²) in [5.41, 5.74) is 9.27. The maximum absolute atomic E-state index is 5.97. The van der Waals surface area contributed by atoms with Crippen LogP contribution in [-0.2, 0) is 14.1 Å². The molecule has 3 aromatic rings. The van der Waals surface area contributed by atoms with Crippen molar-refractivity contribution in [1.29, 1.82) is 0 Å². The number of nitrogens with zero attached hydrogens (tertiary/aromatic N) is 4. The van der Waals surface area contributed by atoms with Gasteiger partial charge in [0.25, 0.3) is 0 Å². The molecule has 0 aliphatic carbocycles. The van der Waals surface area contributed by atoms with Crippen LogP contribution in [0.25, 0.3) is 11.0 Å². The molecular weight excluding hydrogens is 250 g/mol. The number of rotatable bonds is 3. The highest BCUT2D eigenvalue weighted by atomic mass is 15.1. The van der Waals surface area contributed by atoms with Crippen LogP contribution in [0.3, 0.4) is 0 Å². The van der Waals surface area contributed by atoms with E-state index in [0.717, 1.165) is 28.2 Å². The first kappa shape index (κ1) is 12.9. The third kappa shape index (κ3) is 1.91. The fourth-order valence-corrected chi connectivity index (χ4v) is 2.66. The van der Waals surface area contributed by atoms with E-state index in [1.165, 1.54) is 0 Å². The zero-order valence-electron chi connectivity index (χ0n) is 12.0. The fraction of sp³-hybridized carbons (Fsp3) is 0.333. The Morgan fingerprint density at radius 3 is 2.75 bits per heavy atom. The first-order valence-corrected chi connectivity index (χ1v) is 6.72. The molecule has 1 unspecified atom stereocenters.